The Morgan fingerprint density at radius 3 is 2.37 bits per heavy atom. The second-order valence-electron chi connectivity index (χ2n) is 7.02. The number of carbonyl (C=O) groups excluding carboxylic acids is 2. The van der Waals surface area contributed by atoms with Crippen LogP contribution in [0.25, 0.3) is 5.69 Å². The van der Waals surface area contributed by atoms with E-state index in [4.69, 9.17) is 4.74 Å². The third-order valence-corrected chi connectivity index (χ3v) is 5.03. The minimum absolute atomic E-state index is 0.194. The average Bonchev–Trinajstić information content (AvgIpc) is 3.06. The molecule has 1 amide bonds. The fourth-order valence-corrected chi connectivity index (χ4v) is 3.30. The van der Waals surface area contributed by atoms with Crippen LogP contribution in [-0.2, 0) is 16.0 Å². The van der Waals surface area contributed by atoms with Crippen molar-refractivity contribution in [3.63, 3.8) is 0 Å². The summed E-state index contributed by atoms with van der Waals surface area (Å²) in [5, 5.41) is 6.29. The van der Waals surface area contributed by atoms with Crippen molar-refractivity contribution < 1.29 is 14.3 Å². The van der Waals surface area contributed by atoms with Gasteiger partial charge in [0, 0.05) is 24.7 Å². The third kappa shape index (κ3) is 4.68. The van der Waals surface area contributed by atoms with Crippen LogP contribution in [0.15, 0.2) is 54.6 Å². The molecule has 0 atom stereocenters. The molecule has 3 aromatic rings. The molecule has 2 aromatic carbocycles. The lowest BCUT2D eigenvalue weighted by Gasteiger charge is -2.20. The van der Waals surface area contributed by atoms with E-state index in [9.17, 15) is 9.59 Å². The van der Waals surface area contributed by atoms with Gasteiger partial charge in [-0.1, -0.05) is 18.2 Å². The second-order valence-corrected chi connectivity index (χ2v) is 7.02. The fourth-order valence-electron chi connectivity index (χ4n) is 3.30. The van der Waals surface area contributed by atoms with Gasteiger partial charge in [-0.3, -0.25) is 20.0 Å². The lowest BCUT2D eigenvalue weighted by molar-refractivity contribution is -0.140. The quantitative estimate of drug-likeness (QED) is 0.481. The van der Waals surface area contributed by atoms with Crippen LogP contribution in [0, 0.1) is 13.8 Å². The fraction of sp³-hybridized carbons (Fsp3) is 0.261. The van der Waals surface area contributed by atoms with Gasteiger partial charge in [0.1, 0.15) is 0 Å². The number of hydrogen-bond acceptors (Lipinski definition) is 5. The number of methoxy groups -OCH3 is 1. The summed E-state index contributed by atoms with van der Waals surface area (Å²) in [6, 6.07) is 16.9. The normalized spacial score (nSPS) is 10.5. The maximum absolute atomic E-state index is 12.6. The van der Waals surface area contributed by atoms with E-state index >= 15 is 0 Å². The Labute approximate surface area is 176 Å². The van der Waals surface area contributed by atoms with Crippen LogP contribution >= 0.6 is 0 Å². The molecule has 0 unspecified atom stereocenters. The Kier molecular flexibility index (Phi) is 6.51. The van der Waals surface area contributed by atoms with Crippen molar-refractivity contribution >= 4 is 17.6 Å². The summed E-state index contributed by atoms with van der Waals surface area (Å²) < 4.78 is 6.56. The molecular weight excluding hydrogens is 380 g/mol. The summed E-state index contributed by atoms with van der Waals surface area (Å²) in [5.41, 5.74) is 8.04. The van der Waals surface area contributed by atoms with Crippen LogP contribution in [0.5, 0.6) is 0 Å². The molecule has 0 aliphatic rings. The zero-order chi connectivity index (χ0) is 21.7. The molecular formula is C23H26N4O3. The van der Waals surface area contributed by atoms with Crippen molar-refractivity contribution in [3.05, 3.63) is 77.1 Å². The summed E-state index contributed by atoms with van der Waals surface area (Å²) in [5.74, 6) is -0.433. The first-order chi connectivity index (χ1) is 14.4. The Morgan fingerprint density at radius 1 is 1.07 bits per heavy atom. The van der Waals surface area contributed by atoms with E-state index in [1.54, 1.807) is 24.2 Å². The van der Waals surface area contributed by atoms with Crippen LogP contribution in [0.2, 0.25) is 0 Å². The number of ether oxygens (including phenoxy) is 1. The van der Waals surface area contributed by atoms with Crippen molar-refractivity contribution in [1.29, 1.82) is 0 Å². The Hall–Kier alpha value is -3.61. The summed E-state index contributed by atoms with van der Waals surface area (Å²) >= 11 is 0. The first-order valence-corrected chi connectivity index (χ1v) is 9.73. The molecule has 1 heterocycles. The van der Waals surface area contributed by atoms with E-state index < -0.39 is 0 Å². The summed E-state index contributed by atoms with van der Waals surface area (Å²) in [6.45, 7) is 3.90. The van der Waals surface area contributed by atoms with E-state index in [0.29, 0.717) is 18.4 Å². The molecule has 0 bridgehead atoms. The smallest absolute Gasteiger partial charge is 0.305 e. The summed E-state index contributed by atoms with van der Waals surface area (Å²) in [6.07, 6.45) is 0.897. The zero-order valence-electron chi connectivity index (χ0n) is 17.7. The number of carbonyl (C=O) groups is 2. The van der Waals surface area contributed by atoms with E-state index in [1.807, 2.05) is 61.0 Å². The lowest BCUT2D eigenvalue weighted by atomic mass is 10.1. The number of para-hydroxylation sites is 1. The van der Waals surface area contributed by atoms with Crippen molar-refractivity contribution in [2.24, 2.45) is 0 Å². The molecule has 7 heteroatoms. The zero-order valence-corrected chi connectivity index (χ0v) is 17.7. The van der Waals surface area contributed by atoms with Crippen molar-refractivity contribution in [1.82, 2.24) is 15.2 Å². The number of aryl methyl sites for hydroxylation is 1. The summed E-state index contributed by atoms with van der Waals surface area (Å²) in [4.78, 5) is 24.0. The maximum atomic E-state index is 12.6. The number of rotatable bonds is 7. The van der Waals surface area contributed by atoms with Gasteiger partial charge < -0.3 is 4.74 Å². The van der Waals surface area contributed by atoms with Gasteiger partial charge in [-0.25, -0.2) is 4.68 Å². The molecule has 3 rings (SSSR count). The largest absolute Gasteiger partial charge is 0.469 e. The van der Waals surface area contributed by atoms with E-state index in [2.05, 4.69) is 10.5 Å². The van der Waals surface area contributed by atoms with Crippen LogP contribution in [-0.4, -0.2) is 35.8 Å². The van der Waals surface area contributed by atoms with Gasteiger partial charge in [-0.2, -0.15) is 5.10 Å². The first kappa shape index (κ1) is 21.1. The van der Waals surface area contributed by atoms with Crippen LogP contribution in [0.3, 0.4) is 0 Å². The first-order valence-electron chi connectivity index (χ1n) is 9.73. The minimum Gasteiger partial charge on any atom is -0.469 e. The monoisotopic (exact) mass is 406 g/mol. The Bertz CT molecular complexity index is 1030. The number of aromatic nitrogens is 2. The van der Waals surface area contributed by atoms with Gasteiger partial charge in [0.05, 0.1) is 24.2 Å². The molecule has 0 fully saturated rings. The highest BCUT2D eigenvalue weighted by atomic mass is 16.5. The number of benzene rings is 2. The van der Waals surface area contributed by atoms with Gasteiger partial charge in [0.25, 0.3) is 5.91 Å². The molecule has 0 aliphatic heterocycles. The number of hydrazine groups is 1. The van der Waals surface area contributed by atoms with E-state index in [-0.39, 0.29) is 11.9 Å². The van der Waals surface area contributed by atoms with Crippen molar-refractivity contribution in [3.8, 4) is 5.69 Å². The topological polar surface area (TPSA) is 76.5 Å². The molecule has 0 saturated heterocycles. The third-order valence-electron chi connectivity index (χ3n) is 5.03. The van der Waals surface area contributed by atoms with Gasteiger partial charge in [0.15, 0.2) is 0 Å². The highest BCUT2D eigenvalue weighted by Crippen LogP contribution is 2.20. The maximum Gasteiger partial charge on any atom is 0.305 e. The SMILES string of the molecule is COC(=O)CCc1c(C)nn(-c2ccc(C(=O)NN(C)c3ccccc3)cc2)c1C. The number of esters is 1. The predicted octanol–water partition coefficient (Wildman–Crippen LogP) is 3.38. The van der Waals surface area contributed by atoms with Crippen molar-refractivity contribution in [2.45, 2.75) is 26.7 Å². The Balaban J connectivity index is 1.72. The molecule has 0 aliphatic carbocycles. The van der Waals surface area contributed by atoms with Crippen LogP contribution < -0.4 is 10.4 Å². The Morgan fingerprint density at radius 2 is 1.73 bits per heavy atom. The lowest BCUT2D eigenvalue weighted by Crippen LogP contribution is -2.39. The number of anilines is 1. The second kappa shape index (κ2) is 9.26. The van der Waals surface area contributed by atoms with E-state index in [0.717, 1.165) is 28.3 Å². The minimum atomic E-state index is -0.239. The van der Waals surface area contributed by atoms with Gasteiger partial charge >= 0.3 is 5.97 Å². The predicted molar refractivity (Wildman–Crippen MR) is 116 cm³/mol. The molecule has 1 aromatic heterocycles. The molecule has 0 radical (unpaired) electrons. The molecule has 0 spiro atoms. The molecule has 1 N–H and O–H groups in total. The molecule has 156 valence electrons. The molecule has 0 saturated carbocycles. The van der Waals surface area contributed by atoms with Gasteiger partial charge in [-0.15, -0.1) is 0 Å². The average molecular weight is 406 g/mol. The van der Waals surface area contributed by atoms with Crippen LogP contribution in [0.4, 0.5) is 5.69 Å². The molecule has 7 nitrogen and oxygen atoms in total. The number of nitrogens with one attached hydrogen (secondary N) is 1. The summed E-state index contributed by atoms with van der Waals surface area (Å²) in [7, 11) is 3.19. The number of amides is 1. The standard InChI is InChI=1S/C23H26N4O3/c1-16-21(14-15-22(28)30-4)17(2)27(24-16)20-12-10-18(11-13-20)23(29)25-26(3)19-8-6-5-7-9-19/h5-13H,14-15H2,1-4H3,(H,25,29). The number of hydrogen-bond donors (Lipinski definition) is 1. The highest BCUT2D eigenvalue weighted by molar-refractivity contribution is 5.95. The van der Waals surface area contributed by atoms with Crippen molar-refractivity contribution in [2.75, 3.05) is 19.2 Å². The number of nitrogens with zero attached hydrogens (tertiary/aromatic N) is 3. The van der Waals surface area contributed by atoms with Crippen LogP contribution in [0.1, 0.15) is 33.7 Å². The molecule has 30 heavy (non-hydrogen) atoms. The highest BCUT2D eigenvalue weighted by Gasteiger charge is 2.15. The van der Waals surface area contributed by atoms with Gasteiger partial charge in [-0.05, 0) is 62.2 Å². The van der Waals surface area contributed by atoms with Gasteiger partial charge in [0.2, 0.25) is 0 Å². The van der Waals surface area contributed by atoms with E-state index in [1.165, 1.54) is 7.11 Å².